The van der Waals surface area contributed by atoms with E-state index in [1.165, 1.54) is 17.7 Å². The van der Waals surface area contributed by atoms with E-state index in [4.69, 9.17) is 11.6 Å². The number of thiophene rings is 1. The van der Waals surface area contributed by atoms with Gasteiger partial charge in [-0.15, -0.1) is 11.3 Å². The number of hydrogen-bond acceptors (Lipinski definition) is 4. The summed E-state index contributed by atoms with van der Waals surface area (Å²) >= 11 is 10.8. The van der Waals surface area contributed by atoms with Gasteiger partial charge in [0.1, 0.15) is 12.7 Å². The second kappa shape index (κ2) is 5.97. The molecule has 0 saturated carbocycles. The molecule has 3 rings (SSSR count). The van der Waals surface area contributed by atoms with E-state index in [2.05, 4.69) is 31.3 Å². The Kier molecular flexibility index (Phi) is 4.05. The Morgan fingerprint density at radius 3 is 2.90 bits per heavy atom. The average molecular weight is 384 g/mol. The van der Waals surface area contributed by atoms with Crippen LogP contribution in [0.2, 0.25) is 5.02 Å². The van der Waals surface area contributed by atoms with Crippen molar-refractivity contribution in [2.45, 2.75) is 0 Å². The summed E-state index contributed by atoms with van der Waals surface area (Å²) in [7, 11) is 0. The molecule has 8 heteroatoms. The van der Waals surface area contributed by atoms with Gasteiger partial charge in [0.25, 0.3) is 5.91 Å². The number of halogens is 2. The van der Waals surface area contributed by atoms with E-state index >= 15 is 0 Å². The third kappa shape index (κ3) is 3.15. The average Bonchev–Trinajstić information content (AvgIpc) is 3.10. The monoisotopic (exact) mass is 382 g/mol. The van der Waals surface area contributed by atoms with Crippen molar-refractivity contribution in [1.82, 2.24) is 14.8 Å². The normalized spacial score (nSPS) is 10.6. The van der Waals surface area contributed by atoms with Crippen LogP contribution >= 0.6 is 38.9 Å². The van der Waals surface area contributed by atoms with Crippen LogP contribution in [0.1, 0.15) is 10.4 Å². The minimum Gasteiger partial charge on any atom is -0.320 e. The fourth-order valence-corrected chi connectivity index (χ4v) is 3.07. The Hall–Kier alpha value is -1.70. The SMILES string of the molecule is O=C(Nc1cc(Cl)ccc1-n1cncn1)c1csc(Br)c1. The van der Waals surface area contributed by atoms with Gasteiger partial charge < -0.3 is 5.32 Å². The van der Waals surface area contributed by atoms with Gasteiger partial charge in [-0.1, -0.05) is 11.6 Å². The number of nitrogens with one attached hydrogen (secondary N) is 1. The standard InChI is InChI=1S/C13H8BrClN4OS/c14-12-3-8(5-21-12)13(20)18-10-4-9(15)1-2-11(10)19-7-16-6-17-19/h1-7H,(H,18,20). The summed E-state index contributed by atoms with van der Waals surface area (Å²) < 4.78 is 2.46. The molecule has 3 aromatic rings. The van der Waals surface area contributed by atoms with Gasteiger partial charge in [0.15, 0.2) is 0 Å². The predicted octanol–water partition coefficient (Wildman–Crippen LogP) is 4.00. The molecule has 0 aliphatic carbocycles. The first-order valence-corrected chi connectivity index (χ1v) is 7.88. The molecule has 0 spiro atoms. The third-order valence-corrected chi connectivity index (χ3v) is 4.44. The smallest absolute Gasteiger partial charge is 0.256 e. The van der Waals surface area contributed by atoms with Crippen LogP contribution in [-0.4, -0.2) is 20.7 Å². The third-order valence-electron chi connectivity index (χ3n) is 2.70. The summed E-state index contributed by atoms with van der Waals surface area (Å²) in [4.78, 5) is 16.2. The molecule has 0 fully saturated rings. The number of nitrogens with zero attached hydrogens (tertiary/aromatic N) is 3. The molecule has 21 heavy (non-hydrogen) atoms. The van der Waals surface area contributed by atoms with Crippen molar-refractivity contribution in [3.8, 4) is 5.69 Å². The van der Waals surface area contributed by atoms with E-state index < -0.39 is 0 Å². The first kappa shape index (κ1) is 14.2. The maximum Gasteiger partial charge on any atom is 0.256 e. The van der Waals surface area contributed by atoms with Crippen molar-refractivity contribution in [1.29, 1.82) is 0 Å². The van der Waals surface area contributed by atoms with Gasteiger partial charge in [0, 0.05) is 10.4 Å². The molecule has 2 aromatic heterocycles. The molecule has 0 aliphatic rings. The summed E-state index contributed by atoms with van der Waals surface area (Å²) in [5.74, 6) is -0.208. The van der Waals surface area contributed by atoms with E-state index in [1.54, 1.807) is 40.7 Å². The van der Waals surface area contributed by atoms with E-state index in [1.807, 2.05) is 0 Å². The molecule has 1 amide bonds. The molecule has 0 aliphatic heterocycles. The quantitative estimate of drug-likeness (QED) is 0.744. The van der Waals surface area contributed by atoms with Crippen LogP contribution in [0.15, 0.2) is 46.1 Å². The number of benzene rings is 1. The van der Waals surface area contributed by atoms with Crippen molar-refractivity contribution in [3.05, 3.63) is 56.7 Å². The molecule has 1 aromatic carbocycles. The van der Waals surface area contributed by atoms with Gasteiger partial charge in [0.05, 0.1) is 20.7 Å². The lowest BCUT2D eigenvalue weighted by Gasteiger charge is -2.10. The number of aromatic nitrogens is 3. The van der Waals surface area contributed by atoms with Crippen molar-refractivity contribution in [2.24, 2.45) is 0 Å². The van der Waals surface area contributed by atoms with E-state index in [0.717, 1.165) is 3.79 Å². The van der Waals surface area contributed by atoms with Crippen molar-refractivity contribution >= 4 is 50.5 Å². The van der Waals surface area contributed by atoms with Crippen LogP contribution in [0.5, 0.6) is 0 Å². The van der Waals surface area contributed by atoms with Crippen molar-refractivity contribution < 1.29 is 4.79 Å². The van der Waals surface area contributed by atoms with Gasteiger partial charge in [-0.2, -0.15) is 5.10 Å². The Bertz CT molecular complexity index is 787. The topological polar surface area (TPSA) is 59.8 Å². The van der Waals surface area contributed by atoms with Gasteiger partial charge >= 0.3 is 0 Å². The zero-order valence-electron chi connectivity index (χ0n) is 10.5. The lowest BCUT2D eigenvalue weighted by molar-refractivity contribution is 0.102. The molecule has 0 unspecified atom stereocenters. The summed E-state index contributed by atoms with van der Waals surface area (Å²) in [6.07, 6.45) is 2.98. The van der Waals surface area contributed by atoms with Crippen LogP contribution in [0.25, 0.3) is 5.69 Å². The van der Waals surface area contributed by atoms with Crippen molar-refractivity contribution in [3.63, 3.8) is 0 Å². The molecule has 0 saturated heterocycles. The molecule has 106 valence electrons. The molecule has 0 atom stereocenters. The minimum atomic E-state index is -0.208. The summed E-state index contributed by atoms with van der Waals surface area (Å²) in [5, 5.41) is 9.22. The highest BCUT2D eigenvalue weighted by Crippen LogP contribution is 2.26. The lowest BCUT2D eigenvalue weighted by Crippen LogP contribution is -2.13. The maximum absolute atomic E-state index is 12.2. The summed E-state index contributed by atoms with van der Waals surface area (Å²) in [6, 6.07) is 6.95. The highest BCUT2D eigenvalue weighted by molar-refractivity contribution is 9.11. The predicted molar refractivity (Wildman–Crippen MR) is 86.3 cm³/mol. The highest BCUT2D eigenvalue weighted by Gasteiger charge is 2.12. The minimum absolute atomic E-state index is 0.208. The molecular formula is C13H8BrClN4OS. The van der Waals surface area contributed by atoms with E-state index in [9.17, 15) is 4.79 Å². The van der Waals surface area contributed by atoms with E-state index in [-0.39, 0.29) is 5.91 Å². The van der Waals surface area contributed by atoms with Gasteiger partial charge in [0.2, 0.25) is 0 Å². The highest BCUT2D eigenvalue weighted by atomic mass is 79.9. The second-order valence-electron chi connectivity index (χ2n) is 4.10. The first-order chi connectivity index (χ1) is 10.1. The number of hydrogen-bond donors (Lipinski definition) is 1. The molecule has 5 nitrogen and oxygen atoms in total. The van der Waals surface area contributed by atoms with Gasteiger partial charge in [-0.3, -0.25) is 4.79 Å². The molecule has 0 bridgehead atoms. The Morgan fingerprint density at radius 1 is 1.38 bits per heavy atom. The molecular weight excluding hydrogens is 376 g/mol. The molecule has 1 N–H and O–H groups in total. The largest absolute Gasteiger partial charge is 0.320 e. The summed E-state index contributed by atoms with van der Waals surface area (Å²) in [6.45, 7) is 0. The maximum atomic E-state index is 12.2. The number of rotatable bonds is 3. The Labute approximate surface area is 137 Å². The van der Waals surface area contributed by atoms with Crippen LogP contribution in [-0.2, 0) is 0 Å². The zero-order chi connectivity index (χ0) is 14.8. The van der Waals surface area contributed by atoms with Gasteiger partial charge in [-0.05, 0) is 40.2 Å². The van der Waals surface area contributed by atoms with Crippen LogP contribution in [0.4, 0.5) is 5.69 Å². The Balaban J connectivity index is 1.94. The molecule has 0 radical (unpaired) electrons. The number of carbonyl (C=O) groups excluding carboxylic acids is 1. The number of carbonyl (C=O) groups is 1. The van der Waals surface area contributed by atoms with E-state index in [0.29, 0.717) is 22.0 Å². The van der Waals surface area contributed by atoms with Crippen LogP contribution in [0.3, 0.4) is 0 Å². The zero-order valence-corrected chi connectivity index (χ0v) is 13.6. The Morgan fingerprint density at radius 2 is 2.24 bits per heavy atom. The number of anilines is 1. The van der Waals surface area contributed by atoms with Gasteiger partial charge in [-0.25, -0.2) is 9.67 Å². The summed E-state index contributed by atoms with van der Waals surface area (Å²) in [5.41, 5.74) is 1.84. The van der Waals surface area contributed by atoms with Crippen LogP contribution in [0, 0.1) is 0 Å². The molecule has 2 heterocycles. The fourth-order valence-electron chi connectivity index (χ4n) is 1.76. The first-order valence-electron chi connectivity index (χ1n) is 5.83. The lowest BCUT2D eigenvalue weighted by atomic mass is 10.2. The van der Waals surface area contributed by atoms with Crippen LogP contribution < -0.4 is 5.32 Å². The second-order valence-corrected chi connectivity index (χ2v) is 6.82. The van der Waals surface area contributed by atoms with Crippen molar-refractivity contribution in [2.75, 3.05) is 5.32 Å². The number of amides is 1. The fraction of sp³-hybridized carbons (Fsp3) is 0.